The van der Waals surface area contributed by atoms with Crippen LogP contribution in [0.1, 0.15) is 20.8 Å². The number of thioether (sulfide) groups is 1. The molecule has 1 atom stereocenters. The average molecular weight is 283 g/mol. The summed E-state index contributed by atoms with van der Waals surface area (Å²) in [5.41, 5.74) is -1.06. The minimum absolute atomic E-state index is 0.143. The van der Waals surface area contributed by atoms with Crippen LogP contribution < -0.4 is 0 Å². The van der Waals surface area contributed by atoms with E-state index in [9.17, 15) is 9.59 Å². The summed E-state index contributed by atoms with van der Waals surface area (Å²) >= 11 is 4.33. The van der Waals surface area contributed by atoms with E-state index in [1.54, 1.807) is 13.8 Å². The maximum absolute atomic E-state index is 11.6. The second-order valence-electron chi connectivity index (χ2n) is 2.91. The van der Waals surface area contributed by atoms with E-state index in [1.165, 1.54) is 0 Å². The number of hydrogen-bond donors (Lipinski definition) is 0. The summed E-state index contributed by atoms with van der Waals surface area (Å²) in [7, 11) is 0. The Morgan fingerprint density at radius 2 is 2.00 bits per heavy atom. The van der Waals surface area contributed by atoms with E-state index in [0.717, 1.165) is 11.8 Å². The van der Waals surface area contributed by atoms with E-state index in [-0.39, 0.29) is 5.12 Å². The molecular weight excluding hydrogens is 268 g/mol. The van der Waals surface area contributed by atoms with Gasteiger partial charge in [0.25, 0.3) is 0 Å². The molecule has 0 heterocycles. The van der Waals surface area contributed by atoms with Gasteiger partial charge in [-0.25, -0.2) is 0 Å². The third kappa shape index (κ3) is 3.28. The van der Waals surface area contributed by atoms with Gasteiger partial charge in [-0.2, -0.15) is 0 Å². The van der Waals surface area contributed by atoms with Gasteiger partial charge in [-0.15, -0.1) is 0 Å². The van der Waals surface area contributed by atoms with E-state index < -0.39 is 11.4 Å². The predicted molar refractivity (Wildman–Crippen MR) is 61.7 cm³/mol. The Kier molecular flexibility index (Phi) is 6.44. The Hall–Kier alpha value is -0.0300. The van der Waals surface area contributed by atoms with Crippen molar-refractivity contribution < 1.29 is 14.3 Å². The summed E-state index contributed by atoms with van der Waals surface area (Å²) in [6, 6.07) is 0. The van der Waals surface area contributed by atoms with Gasteiger partial charge in [0.15, 0.2) is 0 Å². The van der Waals surface area contributed by atoms with Crippen molar-refractivity contribution in [1.29, 1.82) is 0 Å². The molecule has 0 fully saturated rings. The lowest BCUT2D eigenvalue weighted by Crippen LogP contribution is -2.38. The Bertz CT molecular complexity index is 200. The first-order valence-corrected chi connectivity index (χ1v) is 6.54. The van der Waals surface area contributed by atoms with E-state index >= 15 is 0 Å². The van der Waals surface area contributed by atoms with Gasteiger partial charge in [0.1, 0.15) is 5.41 Å². The van der Waals surface area contributed by atoms with Gasteiger partial charge in [0.2, 0.25) is 5.12 Å². The summed E-state index contributed by atoms with van der Waals surface area (Å²) in [6.07, 6.45) is 0. The van der Waals surface area contributed by atoms with Gasteiger partial charge in [-0.1, -0.05) is 34.6 Å². The van der Waals surface area contributed by atoms with Crippen molar-refractivity contribution in [3.63, 3.8) is 0 Å². The highest BCUT2D eigenvalue weighted by molar-refractivity contribution is 9.09. The molecule has 1 unspecified atom stereocenters. The molecule has 0 N–H and O–H groups in total. The largest absolute Gasteiger partial charge is 0.465 e. The summed E-state index contributed by atoms with van der Waals surface area (Å²) < 4.78 is 4.86. The highest BCUT2D eigenvalue weighted by Crippen LogP contribution is 2.28. The molecule has 0 aliphatic heterocycles. The van der Waals surface area contributed by atoms with Crippen molar-refractivity contribution in [1.82, 2.24) is 0 Å². The predicted octanol–water partition coefficient (Wildman–Crippen LogP) is 2.23. The third-order valence-corrected chi connectivity index (χ3v) is 3.84. The van der Waals surface area contributed by atoms with Crippen molar-refractivity contribution in [2.24, 2.45) is 5.41 Å². The molecule has 0 aromatic rings. The lowest BCUT2D eigenvalue weighted by molar-refractivity contribution is -0.155. The zero-order valence-corrected chi connectivity index (χ0v) is 11.0. The van der Waals surface area contributed by atoms with Crippen molar-refractivity contribution >= 4 is 38.8 Å². The molecular formula is C9H15BrO3S. The van der Waals surface area contributed by atoms with Crippen LogP contribution in [-0.2, 0) is 14.3 Å². The van der Waals surface area contributed by atoms with Crippen molar-refractivity contribution in [3.05, 3.63) is 0 Å². The third-order valence-electron chi connectivity index (χ3n) is 1.72. The van der Waals surface area contributed by atoms with Crippen molar-refractivity contribution in [3.8, 4) is 0 Å². The number of halogens is 1. The number of carbonyl (C=O) groups excluding carboxylic acids is 2. The summed E-state index contributed by atoms with van der Waals surface area (Å²) in [4.78, 5) is 23.2. The van der Waals surface area contributed by atoms with Crippen LogP contribution in [-0.4, -0.2) is 28.8 Å². The SMILES string of the molecule is CCOC(=O)C(C)(CBr)C(=O)SCC. The molecule has 0 aliphatic rings. The molecule has 14 heavy (non-hydrogen) atoms. The molecule has 3 nitrogen and oxygen atoms in total. The Labute approximate surface area is 97.1 Å². The van der Waals surface area contributed by atoms with Crippen molar-refractivity contribution in [2.75, 3.05) is 17.7 Å². The molecule has 82 valence electrons. The standard InChI is InChI=1S/C9H15BrO3S/c1-4-13-7(11)9(3,6-10)8(12)14-5-2/h4-6H2,1-3H3. The van der Waals surface area contributed by atoms with Gasteiger partial charge in [0.05, 0.1) is 6.61 Å². The number of esters is 1. The number of ether oxygens (including phenoxy) is 1. The lowest BCUT2D eigenvalue weighted by atomic mass is 9.96. The van der Waals surface area contributed by atoms with E-state index in [4.69, 9.17) is 4.74 Å². The number of rotatable bonds is 5. The summed E-state index contributed by atoms with van der Waals surface area (Å²) in [5.74, 6) is 0.212. The summed E-state index contributed by atoms with van der Waals surface area (Å²) in [6.45, 7) is 5.50. The molecule has 5 heteroatoms. The topological polar surface area (TPSA) is 43.4 Å². The highest BCUT2D eigenvalue weighted by atomic mass is 79.9. The minimum atomic E-state index is -1.06. The molecule has 0 aromatic carbocycles. The van der Waals surface area contributed by atoms with Crippen LogP contribution in [0.2, 0.25) is 0 Å². The van der Waals surface area contributed by atoms with Gasteiger partial charge in [-0.05, 0) is 19.6 Å². The van der Waals surface area contributed by atoms with Crippen LogP contribution in [0.5, 0.6) is 0 Å². The average Bonchev–Trinajstić information content (AvgIpc) is 2.17. The molecule has 0 rings (SSSR count). The van der Waals surface area contributed by atoms with Gasteiger partial charge >= 0.3 is 5.97 Å². The van der Waals surface area contributed by atoms with Gasteiger partial charge in [-0.3, -0.25) is 9.59 Å². The minimum Gasteiger partial charge on any atom is -0.465 e. The molecule has 0 amide bonds. The quantitative estimate of drug-likeness (QED) is 0.441. The molecule has 0 bridgehead atoms. The second-order valence-corrected chi connectivity index (χ2v) is 4.70. The van der Waals surface area contributed by atoms with E-state index in [0.29, 0.717) is 17.7 Å². The smallest absolute Gasteiger partial charge is 0.321 e. The fourth-order valence-electron chi connectivity index (χ4n) is 0.773. The normalized spacial score (nSPS) is 14.6. The number of hydrogen-bond acceptors (Lipinski definition) is 4. The maximum Gasteiger partial charge on any atom is 0.321 e. The monoisotopic (exact) mass is 282 g/mol. The fourth-order valence-corrected chi connectivity index (χ4v) is 2.18. The molecule has 0 saturated carbocycles. The van der Waals surface area contributed by atoms with Gasteiger partial charge < -0.3 is 4.74 Å². The van der Waals surface area contributed by atoms with Crippen LogP contribution >= 0.6 is 27.7 Å². The Balaban J connectivity index is 4.60. The highest BCUT2D eigenvalue weighted by Gasteiger charge is 2.41. The zero-order chi connectivity index (χ0) is 11.2. The van der Waals surface area contributed by atoms with Gasteiger partial charge in [0, 0.05) is 5.33 Å². The zero-order valence-electron chi connectivity index (χ0n) is 8.63. The summed E-state index contributed by atoms with van der Waals surface area (Å²) in [5, 5.41) is 0.153. The Morgan fingerprint density at radius 3 is 2.36 bits per heavy atom. The first-order valence-electron chi connectivity index (χ1n) is 4.43. The number of carbonyl (C=O) groups is 2. The maximum atomic E-state index is 11.6. The molecule has 0 radical (unpaired) electrons. The first kappa shape index (κ1) is 14.0. The van der Waals surface area contributed by atoms with Crippen LogP contribution in [0.25, 0.3) is 0 Å². The Morgan fingerprint density at radius 1 is 1.43 bits per heavy atom. The van der Waals surface area contributed by atoms with Crippen molar-refractivity contribution in [2.45, 2.75) is 20.8 Å². The van der Waals surface area contributed by atoms with Crippen LogP contribution in [0.3, 0.4) is 0 Å². The molecule has 0 spiro atoms. The van der Waals surface area contributed by atoms with Crippen LogP contribution in [0.4, 0.5) is 0 Å². The molecule has 0 aromatic heterocycles. The fraction of sp³-hybridized carbons (Fsp3) is 0.778. The van der Waals surface area contributed by atoms with Crippen LogP contribution in [0, 0.1) is 5.41 Å². The van der Waals surface area contributed by atoms with E-state index in [1.807, 2.05) is 6.92 Å². The van der Waals surface area contributed by atoms with Crippen LogP contribution in [0.15, 0.2) is 0 Å². The first-order chi connectivity index (χ1) is 6.52. The number of alkyl halides is 1. The molecule has 0 aliphatic carbocycles. The second kappa shape index (κ2) is 6.45. The molecule has 0 saturated heterocycles. The lowest BCUT2D eigenvalue weighted by Gasteiger charge is -2.22. The van der Waals surface area contributed by atoms with E-state index in [2.05, 4.69) is 15.9 Å².